The van der Waals surface area contributed by atoms with E-state index in [4.69, 9.17) is 18.3 Å². The molecule has 4 N–H and O–H groups in total. The van der Waals surface area contributed by atoms with Crippen LogP contribution in [0, 0.1) is 18.8 Å². The van der Waals surface area contributed by atoms with Gasteiger partial charge in [0.25, 0.3) is 0 Å². The Morgan fingerprint density at radius 3 is 2.34 bits per heavy atom. The smallest absolute Gasteiger partial charge is 0.441 e. The largest absolute Gasteiger partial charge is 0.519 e. The second kappa shape index (κ2) is 13.1. The number of likely N-dealkylation sites (tertiary alicyclic amines) is 1. The van der Waals surface area contributed by atoms with Crippen LogP contribution in [0.15, 0.2) is 13.6 Å². The van der Waals surface area contributed by atoms with Crippen LogP contribution >= 0.6 is 0 Å². The Morgan fingerprint density at radius 1 is 1.08 bits per heavy atom. The standard InChI is InChI=1S/C26H42N2O10/c1-6-8-15-10-16(28(11-15)25(33)35-12-18-14(5)36-26(34)38-18)24(32)27-19(13(3)4)23-22(31)21(30)20(29)17(37-23)9-7-2/h13,15-17,19-23,29-31H,6-12H2,1-5H3,(H,27,32)/t15-,16-,17+,19+,20-,21+,22+,23+/m0/s1. The van der Waals surface area contributed by atoms with Crippen LogP contribution in [-0.2, 0) is 20.9 Å². The van der Waals surface area contributed by atoms with Crippen molar-refractivity contribution in [2.45, 2.75) is 116 Å². The molecule has 0 radical (unpaired) electrons. The van der Waals surface area contributed by atoms with Crippen molar-refractivity contribution < 1.29 is 43.2 Å². The van der Waals surface area contributed by atoms with Crippen molar-refractivity contribution in [2.24, 2.45) is 11.8 Å². The van der Waals surface area contributed by atoms with Gasteiger partial charge in [-0.2, -0.15) is 0 Å². The molecule has 0 bridgehead atoms. The van der Waals surface area contributed by atoms with Gasteiger partial charge in [0.2, 0.25) is 5.91 Å². The summed E-state index contributed by atoms with van der Waals surface area (Å²) in [5.41, 5.74) is 0. The SMILES string of the molecule is CCC[C@H]1C[C@@H](C(=O)N[C@H](C(C)C)[C@H]2O[C@H](CCC)[C@H](O)[C@@H](O)[C@H]2O)N(C(=O)OCc2oc(=O)oc2C)C1. The van der Waals surface area contributed by atoms with E-state index in [1.807, 2.05) is 27.7 Å². The minimum Gasteiger partial charge on any atom is -0.441 e. The maximum Gasteiger partial charge on any atom is 0.519 e. The van der Waals surface area contributed by atoms with Crippen molar-refractivity contribution in [3.05, 3.63) is 22.1 Å². The van der Waals surface area contributed by atoms with E-state index < -0.39 is 60.4 Å². The van der Waals surface area contributed by atoms with Crippen LogP contribution in [-0.4, -0.2) is 81.4 Å². The first-order valence-electron chi connectivity index (χ1n) is 13.5. The number of carbonyl (C=O) groups excluding carboxylic acids is 2. The van der Waals surface area contributed by atoms with Gasteiger partial charge in [-0.25, -0.2) is 9.59 Å². The highest BCUT2D eigenvalue weighted by Crippen LogP contribution is 2.31. The normalized spacial score (nSPS) is 30.4. The zero-order valence-electron chi connectivity index (χ0n) is 22.8. The Labute approximate surface area is 222 Å². The average molecular weight is 543 g/mol. The summed E-state index contributed by atoms with van der Waals surface area (Å²) in [6.07, 6.45) is -3.07. The van der Waals surface area contributed by atoms with Gasteiger partial charge >= 0.3 is 11.9 Å². The average Bonchev–Trinajstić information content (AvgIpc) is 3.43. The van der Waals surface area contributed by atoms with E-state index in [1.165, 1.54) is 11.8 Å². The van der Waals surface area contributed by atoms with Crippen LogP contribution in [0.1, 0.15) is 71.3 Å². The van der Waals surface area contributed by atoms with Gasteiger partial charge in [-0.05, 0) is 38.0 Å². The zero-order chi connectivity index (χ0) is 28.1. The molecule has 1 aromatic heterocycles. The molecule has 38 heavy (non-hydrogen) atoms. The maximum absolute atomic E-state index is 13.6. The Hall–Kier alpha value is -2.41. The van der Waals surface area contributed by atoms with E-state index in [1.54, 1.807) is 0 Å². The predicted molar refractivity (Wildman–Crippen MR) is 134 cm³/mol. The van der Waals surface area contributed by atoms with Gasteiger partial charge in [0, 0.05) is 6.54 Å². The lowest BCUT2D eigenvalue weighted by Gasteiger charge is -2.45. The number of carbonyl (C=O) groups is 2. The van der Waals surface area contributed by atoms with E-state index in [9.17, 15) is 29.7 Å². The minimum absolute atomic E-state index is 0.0943. The molecular weight excluding hydrogens is 500 g/mol. The van der Waals surface area contributed by atoms with Crippen molar-refractivity contribution in [1.82, 2.24) is 10.2 Å². The lowest BCUT2D eigenvalue weighted by Crippen LogP contribution is -2.65. The molecule has 0 spiro atoms. The summed E-state index contributed by atoms with van der Waals surface area (Å²) in [6, 6.07) is -1.51. The molecule has 0 saturated carbocycles. The fourth-order valence-electron chi connectivity index (χ4n) is 5.40. The number of rotatable bonds is 10. The fourth-order valence-corrected chi connectivity index (χ4v) is 5.40. The molecule has 2 saturated heterocycles. The van der Waals surface area contributed by atoms with Crippen molar-refractivity contribution in [3.63, 3.8) is 0 Å². The minimum atomic E-state index is -1.42. The molecule has 2 amide bonds. The van der Waals surface area contributed by atoms with E-state index in [0.717, 1.165) is 12.8 Å². The van der Waals surface area contributed by atoms with Crippen molar-refractivity contribution in [2.75, 3.05) is 6.54 Å². The third kappa shape index (κ3) is 6.77. The van der Waals surface area contributed by atoms with E-state index in [-0.39, 0.29) is 30.0 Å². The van der Waals surface area contributed by atoms with Crippen LogP contribution in [0.5, 0.6) is 0 Å². The first-order valence-corrected chi connectivity index (χ1v) is 13.5. The summed E-state index contributed by atoms with van der Waals surface area (Å²) in [5, 5.41) is 34.5. The first-order chi connectivity index (χ1) is 18.0. The number of aryl methyl sites for hydroxylation is 1. The highest BCUT2D eigenvalue weighted by Gasteiger charge is 2.48. The third-order valence-electron chi connectivity index (χ3n) is 7.49. The Bertz CT molecular complexity index is 991. The fraction of sp³-hybridized carbons (Fsp3) is 0.808. The molecule has 0 unspecified atom stereocenters. The number of hydrogen-bond acceptors (Lipinski definition) is 10. The van der Waals surface area contributed by atoms with Crippen molar-refractivity contribution in [3.8, 4) is 0 Å². The van der Waals surface area contributed by atoms with Gasteiger partial charge in [0.15, 0.2) is 18.1 Å². The second-order valence-corrected chi connectivity index (χ2v) is 10.7. The summed E-state index contributed by atoms with van der Waals surface area (Å²) < 4.78 is 21.1. The van der Waals surface area contributed by atoms with Gasteiger partial charge in [0.1, 0.15) is 30.5 Å². The van der Waals surface area contributed by atoms with Crippen LogP contribution < -0.4 is 11.1 Å². The summed E-state index contributed by atoms with van der Waals surface area (Å²) in [7, 11) is 0. The van der Waals surface area contributed by atoms with Crippen molar-refractivity contribution in [1.29, 1.82) is 0 Å². The molecule has 12 nitrogen and oxygen atoms in total. The lowest BCUT2D eigenvalue weighted by atomic mass is 9.85. The predicted octanol–water partition coefficient (Wildman–Crippen LogP) is 1.46. The van der Waals surface area contributed by atoms with Crippen LogP contribution in [0.3, 0.4) is 0 Å². The summed E-state index contributed by atoms with van der Waals surface area (Å²) in [6.45, 7) is 9.21. The van der Waals surface area contributed by atoms with Gasteiger partial charge < -0.3 is 38.9 Å². The number of hydrogen-bond donors (Lipinski definition) is 4. The molecular formula is C26H42N2O10. The monoisotopic (exact) mass is 542 g/mol. The molecule has 12 heteroatoms. The topological polar surface area (TPSA) is 172 Å². The quantitative estimate of drug-likeness (QED) is 0.339. The number of aliphatic hydroxyl groups is 3. The summed E-state index contributed by atoms with van der Waals surface area (Å²) >= 11 is 0. The molecule has 2 aliphatic rings. The third-order valence-corrected chi connectivity index (χ3v) is 7.49. The molecule has 8 atom stereocenters. The van der Waals surface area contributed by atoms with Crippen LogP contribution in [0.4, 0.5) is 4.79 Å². The highest BCUT2D eigenvalue weighted by molar-refractivity contribution is 5.86. The summed E-state index contributed by atoms with van der Waals surface area (Å²) in [4.78, 5) is 39.2. The van der Waals surface area contributed by atoms with Crippen LogP contribution in [0.2, 0.25) is 0 Å². The molecule has 2 aliphatic heterocycles. The van der Waals surface area contributed by atoms with E-state index in [0.29, 0.717) is 25.8 Å². The zero-order valence-corrected chi connectivity index (χ0v) is 22.8. The van der Waals surface area contributed by atoms with Crippen molar-refractivity contribution >= 4 is 12.0 Å². The number of nitrogens with zero attached hydrogens (tertiary/aromatic N) is 1. The Kier molecular flexibility index (Phi) is 10.4. The van der Waals surface area contributed by atoms with Gasteiger partial charge in [0.05, 0.1) is 12.1 Å². The highest BCUT2D eigenvalue weighted by atomic mass is 16.6. The number of nitrogens with one attached hydrogen (secondary N) is 1. The second-order valence-electron chi connectivity index (χ2n) is 10.7. The molecule has 1 aromatic rings. The number of amides is 2. The lowest BCUT2D eigenvalue weighted by molar-refractivity contribution is -0.232. The first kappa shape index (κ1) is 30.1. The van der Waals surface area contributed by atoms with Gasteiger partial charge in [-0.15, -0.1) is 0 Å². The summed E-state index contributed by atoms with van der Waals surface area (Å²) in [5.74, 6) is -1.10. The Balaban J connectivity index is 1.75. The molecule has 3 heterocycles. The van der Waals surface area contributed by atoms with E-state index >= 15 is 0 Å². The van der Waals surface area contributed by atoms with Crippen LogP contribution in [0.25, 0.3) is 0 Å². The number of aliphatic hydroxyl groups excluding tert-OH is 3. The molecule has 2 fully saturated rings. The van der Waals surface area contributed by atoms with E-state index in [2.05, 4.69) is 5.32 Å². The molecule has 216 valence electrons. The van der Waals surface area contributed by atoms with Gasteiger partial charge in [-0.3, -0.25) is 9.69 Å². The molecule has 3 rings (SSSR count). The molecule has 0 aliphatic carbocycles. The number of ether oxygens (including phenoxy) is 2. The Morgan fingerprint density at radius 2 is 1.76 bits per heavy atom. The molecule has 0 aromatic carbocycles. The van der Waals surface area contributed by atoms with Gasteiger partial charge in [-0.1, -0.05) is 40.5 Å². The maximum atomic E-state index is 13.6.